The van der Waals surface area contributed by atoms with Crippen LogP contribution < -0.4 is 5.32 Å². The molecule has 6 heteroatoms. The van der Waals surface area contributed by atoms with Crippen molar-refractivity contribution in [2.75, 3.05) is 19.6 Å². The van der Waals surface area contributed by atoms with Gasteiger partial charge in [-0.3, -0.25) is 9.59 Å². The third-order valence-electron chi connectivity index (χ3n) is 5.24. The first-order valence-electron chi connectivity index (χ1n) is 9.72. The maximum absolute atomic E-state index is 12.4. The third kappa shape index (κ3) is 4.76. The molecule has 2 aromatic rings. The molecule has 1 aliphatic heterocycles. The van der Waals surface area contributed by atoms with Gasteiger partial charge in [0.25, 0.3) is 5.91 Å². The molecule has 1 aromatic heterocycles. The predicted molar refractivity (Wildman–Crippen MR) is 105 cm³/mol. The molecular weight excluding hydrogens is 340 g/mol. The van der Waals surface area contributed by atoms with Crippen LogP contribution in [-0.2, 0) is 11.3 Å². The topological polar surface area (TPSA) is 67.2 Å². The summed E-state index contributed by atoms with van der Waals surface area (Å²) >= 11 is 0. The number of benzene rings is 1. The van der Waals surface area contributed by atoms with Crippen LogP contribution in [0, 0.1) is 6.92 Å². The van der Waals surface area contributed by atoms with E-state index in [1.54, 1.807) is 12.1 Å². The Morgan fingerprint density at radius 1 is 1.19 bits per heavy atom. The molecule has 6 nitrogen and oxygen atoms in total. The molecular formula is C21H28N4O2. The zero-order valence-corrected chi connectivity index (χ0v) is 16.1. The third-order valence-corrected chi connectivity index (χ3v) is 5.24. The van der Waals surface area contributed by atoms with Crippen LogP contribution in [0.15, 0.2) is 36.7 Å². The molecule has 0 spiro atoms. The first-order valence-corrected chi connectivity index (χ1v) is 9.72. The maximum Gasteiger partial charge on any atom is 0.251 e. The van der Waals surface area contributed by atoms with Gasteiger partial charge in [-0.1, -0.05) is 17.7 Å². The zero-order valence-electron chi connectivity index (χ0n) is 16.1. The van der Waals surface area contributed by atoms with Gasteiger partial charge in [0, 0.05) is 56.5 Å². The Hall–Kier alpha value is -2.63. The van der Waals surface area contributed by atoms with Crippen LogP contribution in [0.5, 0.6) is 0 Å². The molecule has 2 heterocycles. The summed E-state index contributed by atoms with van der Waals surface area (Å²) in [4.78, 5) is 30.9. The van der Waals surface area contributed by atoms with Crippen molar-refractivity contribution >= 4 is 11.8 Å². The van der Waals surface area contributed by atoms with Crippen molar-refractivity contribution in [2.24, 2.45) is 0 Å². The number of rotatable bonds is 6. The van der Waals surface area contributed by atoms with Gasteiger partial charge >= 0.3 is 0 Å². The lowest BCUT2D eigenvalue weighted by molar-refractivity contribution is -0.132. The van der Waals surface area contributed by atoms with Gasteiger partial charge in [0.2, 0.25) is 5.91 Å². The maximum atomic E-state index is 12.4. The van der Waals surface area contributed by atoms with Gasteiger partial charge in [-0.05, 0) is 38.8 Å². The summed E-state index contributed by atoms with van der Waals surface area (Å²) in [5.41, 5.74) is 1.74. The summed E-state index contributed by atoms with van der Waals surface area (Å²) in [6.07, 6.45) is 6.10. The Morgan fingerprint density at radius 3 is 2.56 bits per heavy atom. The fourth-order valence-corrected chi connectivity index (χ4v) is 3.58. The minimum absolute atomic E-state index is 0.108. The highest BCUT2D eigenvalue weighted by Gasteiger charge is 2.26. The molecule has 0 radical (unpaired) electrons. The van der Waals surface area contributed by atoms with E-state index < -0.39 is 0 Å². The summed E-state index contributed by atoms with van der Waals surface area (Å²) in [5.74, 6) is 1.53. The first-order chi connectivity index (χ1) is 13.1. The molecule has 0 aliphatic carbocycles. The van der Waals surface area contributed by atoms with Gasteiger partial charge in [-0.25, -0.2) is 4.98 Å². The average molecular weight is 368 g/mol. The number of likely N-dealkylation sites (tertiary alicyclic amines) is 1. The minimum atomic E-state index is -0.132. The van der Waals surface area contributed by atoms with Crippen molar-refractivity contribution < 1.29 is 9.59 Å². The van der Waals surface area contributed by atoms with Crippen LogP contribution in [0.25, 0.3) is 0 Å². The lowest BCUT2D eigenvalue weighted by atomic mass is 9.95. The van der Waals surface area contributed by atoms with Gasteiger partial charge < -0.3 is 14.8 Å². The Kier molecular flexibility index (Phi) is 6.27. The summed E-state index contributed by atoms with van der Waals surface area (Å²) in [6, 6.07) is 7.43. The molecule has 0 saturated carbocycles. The molecule has 1 saturated heterocycles. The number of piperidine rings is 1. The van der Waals surface area contributed by atoms with Gasteiger partial charge in [0.15, 0.2) is 0 Å². The second-order valence-corrected chi connectivity index (χ2v) is 7.10. The second kappa shape index (κ2) is 8.84. The Morgan fingerprint density at radius 2 is 1.89 bits per heavy atom. The zero-order chi connectivity index (χ0) is 19.2. The molecule has 0 bridgehead atoms. The van der Waals surface area contributed by atoms with Crippen LogP contribution >= 0.6 is 0 Å². The highest BCUT2D eigenvalue weighted by atomic mass is 16.2. The number of hydrogen-bond acceptors (Lipinski definition) is 3. The summed E-state index contributed by atoms with van der Waals surface area (Å²) in [5, 5.41) is 2.83. The Labute approximate surface area is 160 Å². The number of carbonyl (C=O) groups excluding carboxylic acids is 2. The van der Waals surface area contributed by atoms with Crippen LogP contribution in [0.2, 0.25) is 0 Å². The molecule has 1 fully saturated rings. The van der Waals surface area contributed by atoms with Crippen molar-refractivity contribution in [1.82, 2.24) is 19.8 Å². The molecule has 1 aliphatic rings. The Balaban J connectivity index is 1.42. The highest BCUT2D eigenvalue weighted by Crippen LogP contribution is 2.27. The molecule has 1 N–H and O–H groups in total. The van der Waals surface area contributed by atoms with E-state index in [0.717, 1.165) is 43.9 Å². The van der Waals surface area contributed by atoms with Gasteiger partial charge in [0.05, 0.1) is 0 Å². The van der Waals surface area contributed by atoms with Crippen LogP contribution in [0.3, 0.4) is 0 Å². The lowest BCUT2D eigenvalue weighted by Crippen LogP contribution is -2.40. The largest absolute Gasteiger partial charge is 0.352 e. The normalized spacial score (nSPS) is 15.0. The smallest absolute Gasteiger partial charge is 0.251 e. The summed E-state index contributed by atoms with van der Waals surface area (Å²) < 4.78 is 2.18. The number of nitrogens with zero attached hydrogens (tertiary/aromatic N) is 3. The predicted octanol–water partition coefficient (Wildman–Crippen LogP) is 2.74. The number of hydrogen-bond donors (Lipinski definition) is 1. The van der Waals surface area contributed by atoms with E-state index in [4.69, 9.17) is 0 Å². The van der Waals surface area contributed by atoms with Crippen LogP contribution in [-0.4, -0.2) is 45.9 Å². The van der Waals surface area contributed by atoms with E-state index in [1.807, 2.05) is 36.4 Å². The van der Waals surface area contributed by atoms with E-state index in [1.165, 1.54) is 0 Å². The van der Waals surface area contributed by atoms with E-state index in [0.29, 0.717) is 24.4 Å². The number of imidazole rings is 1. The molecule has 2 amide bonds. The number of nitrogens with one attached hydrogen (secondary N) is 1. The average Bonchev–Trinajstić information content (AvgIpc) is 3.17. The first kappa shape index (κ1) is 19.1. The molecule has 0 unspecified atom stereocenters. The second-order valence-electron chi connectivity index (χ2n) is 7.10. The van der Waals surface area contributed by atoms with Crippen molar-refractivity contribution in [2.45, 2.75) is 45.6 Å². The number of amides is 2. The SMILES string of the molecule is CCn1ccnc1C1CCN(C(=O)CCNC(=O)c2ccc(C)cc2)CC1. The number of aromatic nitrogens is 2. The number of carbonyl (C=O) groups is 2. The van der Waals surface area contributed by atoms with Gasteiger partial charge in [-0.2, -0.15) is 0 Å². The summed E-state index contributed by atoms with van der Waals surface area (Å²) in [6.45, 7) is 6.91. The highest BCUT2D eigenvalue weighted by molar-refractivity contribution is 5.94. The van der Waals surface area contributed by atoms with Crippen molar-refractivity contribution in [1.29, 1.82) is 0 Å². The fraction of sp³-hybridized carbons (Fsp3) is 0.476. The van der Waals surface area contributed by atoms with E-state index in [9.17, 15) is 9.59 Å². The summed E-state index contributed by atoms with van der Waals surface area (Å²) in [7, 11) is 0. The van der Waals surface area contributed by atoms with Gasteiger partial charge in [0.1, 0.15) is 5.82 Å². The van der Waals surface area contributed by atoms with Crippen LogP contribution in [0.4, 0.5) is 0 Å². The monoisotopic (exact) mass is 368 g/mol. The lowest BCUT2D eigenvalue weighted by Gasteiger charge is -2.32. The molecule has 3 rings (SSSR count). The number of aryl methyl sites for hydroxylation is 2. The van der Waals surface area contributed by atoms with E-state index in [2.05, 4.69) is 21.8 Å². The molecule has 1 aromatic carbocycles. The van der Waals surface area contributed by atoms with Gasteiger partial charge in [-0.15, -0.1) is 0 Å². The molecule has 27 heavy (non-hydrogen) atoms. The molecule has 0 atom stereocenters. The van der Waals surface area contributed by atoms with E-state index in [-0.39, 0.29) is 11.8 Å². The van der Waals surface area contributed by atoms with Crippen molar-refractivity contribution in [3.8, 4) is 0 Å². The van der Waals surface area contributed by atoms with Crippen molar-refractivity contribution in [3.63, 3.8) is 0 Å². The fourth-order valence-electron chi connectivity index (χ4n) is 3.58. The van der Waals surface area contributed by atoms with E-state index >= 15 is 0 Å². The standard InChI is InChI=1S/C21H28N4O2/c1-3-24-15-12-22-20(24)17-9-13-25(14-10-17)19(26)8-11-23-21(27)18-6-4-16(2)5-7-18/h4-7,12,15,17H,3,8-11,13-14H2,1-2H3,(H,23,27). The quantitative estimate of drug-likeness (QED) is 0.852. The minimum Gasteiger partial charge on any atom is -0.352 e. The van der Waals surface area contributed by atoms with Crippen molar-refractivity contribution in [3.05, 3.63) is 53.6 Å². The van der Waals surface area contributed by atoms with Crippen LogP contribution in [0.1, 0.15) is 53.8 Å². The molecule has 144 valence electrons. The Bertz CT molecular complexity index is 774.